The van der Waals surface area contributed by atoms with Gasteiger partial charge in [-0.2, -0.15) is 0 Å². The summed E-state index contributed by atoms with van der Waals surface area (Å²) in [5, 5.41) is 11.7. The molecule has 4 rings (SSSR count). The van der Waals surface area contributed by atoms with Crippen LogP contribution in [-0.2, 0) is 6.42 Å². The Balaban J connectivity index is 1.61. The highest BCUT2D eigenvalue weighted by Gasteiger charge is 2.32. The van der Waals surface area contributed by atoms with Crippen molar-refractivity contribution in [3.8, 4) is 0 Å². The zero-order valence-electron chi connectivity index (χ0n) is 12.2. The van der Waals surface area contributed by atoms with Crippen molar-refractivity contribution in [3.05, 3.63) is 62.7 Å². The maximum atomic E-state index is 12.5. The lowest BCUT2D eigenvalue weighted by atomic mass is 10.1. The molecule has 1 heterocycles. The molecule has 1 aliphatic carbocycles. The minimum atomic E-state index is -0.450. The molecule has 0 fully saturated rings. The van der Waals surface area contributed by atoms with Crippen LogP contribution in [0, 0.1) is 10.1 Å². The summed E-state index contributed by atoms with van der Waals surface area (Å²) in [6, 6.07) is 9.80. The molecule has 0 bridgehead atoms. The predicted molar refractivity (Wildman–Crippen MR) is 91.9 cm³/mol. The van der Waals surface area contributed by atoms with Gasteiger partial charge < -0.3 is 4.98 Å². The van der Waals surface area contributed by atoms with Crippen LogP contribution in [0.2, 0.25) is 5.02 Å². The summed E-state index contributed by atoms with van der Waals surface area (Å²) in [5.41, 5.74) is 2.86. The van der Waals surface area contributed by atoms with Crippen LogP contribution in [0.25, 0.3) is 11.0 Å². The maximum absolute atomic E-state index is 12.5. The van der Waals surface area contributed by atoms with E-state index in [0.29, 0.717) is 33.2 Å². The zero-order chi connectivity index (χ0) is 16.8. The number of H-pyrrole nitrogens is 1. The first-order valence-corrected chi connectivity index (χ1v) is 8.40. The minimum Gasteiger partial charge on any atom is -0.333 e. The van der Waals surface area contributed by atoms with E-state index in [2.05, 4.69) is 9.97 Å². The van der Waals surface area contributed by atoms with Gasteiger partial charge in [0.2, 0.25) is 0 Å². The number of hydrogen-bond acceptors (Lipinski definition) is 5. The van der Waals surface area contributed by atoms with Crippen LogP contribution >= 0.6 is 23.4 Å². The van der Waals surface area contributed by atoms with Gasteiger partial charge in [0.15, 0.2) is 10.9 Å². The third-order valence-corrected chi connectivity index (χ3v) is 5.26. The normalized spacial score (nSPS) is 16.5. The Morgan fingerprint density at radius 2 is 2.12 bits per heavy atom. The maximum Gasteiger partial charge on any atom is 0.271 e. The molecular weight excluding hydrogens is 350 g/mol. The number of thioether (sulfide) groups is 1. The summed E-state index contributed by atoms with van der Waals surface area (Å²) < 4.78 is 0. The molecular formula is C16H10ClN3O3S. The molecule has 24 heavy (non-hydrogen) atoms. The number of nitro groups is 1. The molecule has 120 valence electrons. The number of aromatic nitrogens is 2. The van der Waals surface area contributed by atoms with E-state index in [-0.39, 0.29) is 16.7 Å². The minimum absolute atomic E-state index is 0.00156. The molecule has 8 heteroatoms. The molecule has 0 saturated heterocycles. The van der Waals surface area contributed by atoms with Crippen LogP contribution in [0.4, 0.5) is 5.69 Å². The zero-order valence-corrected chi connectivity index (χ0v) is 13.7. The number of non-ortho nitro benzene ring substituents is 1. The standard InChI is InChI=1S/C16H10ClN3O3S/c17-9-2-1-8-5-14(15(21)11(8)6-9)24-16-18-12-4-3-10(20(22)23)7-13(12)19-16/h1-4,6-7,14H,5H2,(H,18,19). The third-order valence-electron chi connectivity index (χ3n) is 3.94. The van der Waals surface area contributed by atoms with Gasteiger partial charge in [-0.15, -0.1) is 0 Å². The van der Waals surface area contributed by atoms with Crippen molar-refractivity contribution in [3.63, 3.8) is 0 Å². The van der Waals surface area contributed by atoms with Crippen LogP contribution in [0.5, 0.6) is 0 Å². The van der Waals surface area contributed by atoms with Crippen molar-refractivity contribution in [2.45, 2.75) is 16.8 Å². The number of Topliss-reactive ketones (excluding diaryl/α,β-unsaturated/α-hetero) is 1. The highest BCUT2D eigenvalue weighted by atomic mass is 35.5. The Bertz CT molecular complexity index is 1000. The molecule has 0 radical (unpaired) electrons. The summed E-state index contributed by atoms with van der Waals surface area (Å²) in [4.78, 5) is 30.3. The van der Waals surface area contributed by atoms with E-state index in [1.54, 1.807) is 18.2 Å². The number of rotatable bonds is 3. The average molecular weight is 360 g/mol. The summed E-state index contributed by atoms with van der Waals surface area (Å²) in [7, 11) is 0. The first-order chi connectivity index (χ1) is 11.5. The molecule has 1 atom stereocenters. The Labute approximate surface area is 145 Å². The van der Waals surface area contributed by atoms with Gasteiger partial charge in [0, 0.05) is 22.7 Å². The van der Waals surface area contributed by atoms with Gasteiger partial charge in [-0.05, 0) is 30.2 Å². The monoisotopic (exact) mass is 359 g/mol. The number of nitrogens with zero attached hydrogens (tertiary/aromatic N) is 2. The van der Waals surface area contributed by atoms with Crippen LogP contribution in [0.15, 0.2) is 41.6 Å². The van der Waals surface area contributed by atoms with Gasteiger partial charge in [-0.3, -0.25) is 14.9 Å². The molecule has 0 amide bonds. The van der Waals surface area contributed by atoms with Crippen molar-refractivity contribution in [2.75, 3.05) is 0 Å². The number of nitro benzene ring substituents is 1. The lowest BCUT2D eigenvalue weighted by Gasteiger charge is -2.03. The average Bonchev–Trinajstić information content (AvgIpc) is 3.08. The van der Waals surface area contributed by atoms with E-state index in [1.807, 2.05) is 6.07 Å². The van der Waals surface area contributed by atoms with E-state index < -0.39 is 4.92 Å². The van der Waals surface area contributed by atoms with Crippen molar-refractivity contribution in [2.24, 2.45) is 0 Å². The number of carbonyl (C=O) groups is 1. The number of nitrogens with one attached hydrogen (secondary N) is 1. The van der Waals surface area contributed by atoms with Crippen LogP contribution < -0.4 is 0 Å². The number of aromatic amines is 1. The molecule has 2 aromatic carbocycles. The van der Waals surface area contributed by atoms with Crippen molar-refractivity contribution >= 4 is 45.9 Å². The molecule has 1 N–H and O–H groups in total. The van der Waals surface area contributed by atoms with Crippen LogP contribution in [0.1, 0.15) is 15.9 Å². The first-order valence-electron chi connectivity index (χ1n) is 7.15. The summed E-state index contributed by atoms with van der Waals surface area (Å²) >= 11 is 7.29. The van der Waals surface area contributed by atoms with E-state index in [9.17, 15) is 14.9 Å². The van der Waals surface area contributed by atoms with Gasteiger partial charge in [0.1, 0.15) is 0 Å². The smallest absolute Gasteiger partial charge is 0.271 e. The second-order valence-electron chi connectivity index (χ2n) is 5.48. The molecule has 6 nitrogen and oxygen atoms in total. The van der Waals surface area contributed by atoms with Gasteiger partial charge in [-0.25, -0.2) is 4.98 Å². The number of hydrogen-bond donors (Lipinski definition) is 1. The number of halogens is 1. The van der Waals surface area contributed by atoms with Gasteiger partial charge in [0.25, 0.3) is 5.69 Å². The van der Waals surface area contributed by atoms with Crippen molar-refractivity contribution < 1.29 is 9.72 Å². The summed E-state index contributed by atoms with van der Waals surface area (Å²) in [6.07, 6.45) is 0.618. The molecule has 0 spiro atoms. The molecule has 1 aromatic heterocycles. The van der Waals surface area contributed by atoms with E-state index in [4.69, 9.17) is 11.6 Å². The first kappa shape index (κ1) is 15.2. The topological polar surface area (TPSA) is 88.9 Å². The Kier molecular flexibility index (Phi) is 3.54. The van der Waals surface area contributed by atoms with Gasteiger partial charge >= 0.3 is 0 Å². The lowest BCUT2D eigenvalue weighted by Crippen LogP contribution is -2.11. The number of ketones is 1. The highest BCUT2D eigenvalue weighted by molar-refractivity contribution is 8.00. The Hall–Kier alpha value is -2.38. The quantitative estimate of drug-likeness (QED) is 0.563. The second kappa shape index (κ2) is 5.61. The Morgan fingerprint density at radius 3 is 2.92 bits per heavy atom. The molecule has 0 saturated carbocycles. The summed E-state index contributed by atoms with van der Waals surface area (Å²) in [5.74, 6) is 0.0314. The molecule has 3 aromatic rings. The SMILES string of the molecule is O=C1c2cc(Cl)ccc2CC1Sc1nc2ccc([N+](=O)[O-])cc2[nH]1. The third kappa shape index (κ3) is 2.55. The van der Waals surface area contributed by atoms with E-state index in [0.717, 1.165) is 5.56 Å². The number of imidazole rings is 1. The van der Waals surface area contributed by atoms with Crippen LogP contribution in [0.3, 0.4) is 0 Å². The second-order valence-corrected chi connectivity index (χ2v) is 7.10. The van der Waals surface area contributed by atoms with Crippen molar-refractivity contribution in [1.29, 1.82) is 0 Å². The molecule has 1 aliphatic rings. The van der Waals surface area contributed by atoms with Gasteiger partial charge in [0.05, 0.1) is 21.2 Å². The van der Waals surface area contributed by atoms with Gasteiger partial charge in [-0.1, -0.05) is 29.4 Å². The fourth-order valence-corrected chi connectivity index (χ4v) is 4.05. The number of carbonyl (C=O) groups excluding carboxylic acids is 1. The predicted octanol–water partition coefficient (Wildman–Crippen LogP) is 4.02. The number of benzene rings is 2. The molecule has 0 aliphatic heterocycles. The highest BCUT2D eigenvalue weighted by Crippen LogP contribution is 2.35. The summed E-state index contributed by atoms with van der Waals surface area (Å²) in [6.45, 7) is 0. The fraction of sp³-hybridized carbons (Fsp3) is 0.125. The van der Waals surface area contributed by atoms with E-state index >= 15 is 0 Å². The fourth-order valence-electron chi connectivity index (χ4n) is 2.80. The van der Waals surface area contributed by atoms with Crippen molar-refractivity contribution in [1.82, 2.24) is 9.97 Å². The molecule has 1 unspecified atom stereocenters. The lowest BCUT2D eigenvalue weighted by molar-refractivity contribution is -0.384. The van der Waals surface area contributed by atoms with Crippen LogP contribution in [-0.4, -0.2) is 25.9 Å². The number of fused-ring (bicyclic) bond motifs is 2. The van der Waals surface area contributed by atoms with E-state index in [1.165, 1.54) is 23.9 Å². The Morgan fingerprint density at radius 1 is 1.29 bits per heavy atom. The largest absolute Gasteiger partial charge is 0.333 e.